The van der Waals surface area contributed by atoms with Crippen LogP contribution in [0.3, 0.4) is 0 Å². The fourth-order valence-corrected chi connectivity index (χ4v) is 11.2. The van der Waals surface area contributed by atoms with Crippen molar-refractivity contribution in [2.24, 2.45) is 56.7 Å². The Morgan fingerprint density at radius 2 is 1.56 bits per heavy atom. The number of aliphatic hydroxyl groups excluding tert-OH is 1. The van der Waals surface area contributed by atoms with Gasteiger partial charge in [0.25, 0.3) is 0 Å². The van der Waals surface area contributed by atoms with Crippen molar-refractivity contribution in [2.45, 2.75) is 118 Å². The van der Waals surface area contributed by atoms with Crippen LogP contribution in [0.5, 0.6) is 0 Å². The number of hydrogen-bond donors (Lipinski definition) is 2. The predicted octanol–water partition coefficient (Wildman–Crippen LogP) is 7.48. The Hall–Kier alpha value is -0.830. The number of allylic oxidation sites excluding steroid dienone is 1. The van der Waals surface area contributed by atoms with Crippen molar-refractivity contribution in [1.29, 1.82) is 0 Å². The molecule has 0 aromatic rings. The number of aliphatic carboxylic acids is 1. The van der Waals surface area contributed by atoms with Crippen LogP contribution in [0, 0.1) is 56.7 Å². The van der Waals surface area contributed by atoms with Crippen LogP contribution in [0.15, 0.2) is 12.2 Å². The van der Waals surface area contributed by atoms with Gasteiger partial charge in [0, 0.05) is 0 Å². The van der Waals surface area contributed by atoms with Crippen molar-refractivity contribution in [3.63, 3.8) is 0 Å². The van der Waals surface area contributed by atoms with Crippen molar-refractivity contribution in [3.8, 4) is 0 Å². The Morgan fingerprint density at radius 1 is 0.912 bits per heavy atom. The quantitative estimate of drug-likeness (QED) is 0.396. The molecule has 5 fully saturated rings. The molecule has 5 aliphatic rings. The van der Waals surface area contributed by atoms with E-state index < -0.39 is 17.5 Å². The molecule has 3 heteroatoms. The van der Waals surface area contributed by atoms with Gasteiger partial charge in [0.2, 0.25) is 0 Å². The highest BCUT2D eigenvalue weighted by molar-refractivity contribution is 5.76. The largest absolute Gasteiger partial charge is 0.481 e. The van der Waals surface area contributed by atoms with Crippen LogP contribution in [0.2, 0.25) is 0 Å². The maximum atomic E-state index is 12.5. The molecule has 5 rings (SSSR count). The molecule has 2 spiro atoms. The highest BCUT2D eigenvalue weighted by atomic mass is 16.4. The van der Waals surface area contributed by atoms with Gasteiger partial charge in [-0.1, -0.05) is 46.8 Å². The molecule has 0 bridgehead atoms. The number of carbonyl (C=O) groups is 1. The second kappa shape index (κ2) is 7.59. The molecule has 0 aliphatic heterocycles. The minimum Gasteiger partial charge on any atom is -0.481 e. The molecule has 5 aliphatic carbocycles. The van der Waals surface area contributed by atoms with Crippen LogP contribution < -0.4 is 0 Å². The first-order chi connectivity index (χ1) is 15.8. The molecule has 0 aromatic carbocycles. The van der Waals surface area contributed by atoms with E-state index in [0.717, 1.165) is 37.0 Å². The van der Waals surface area contributed by atoms with Crippen molar-refractivity contribution in [1.82, 2.24) is 0 Å². The van der Waals surface area contributed by atoms with Crippen molar-refractivity contribution in [3.05, 3.63) is 12.2 Å². The van der Waals surface area contributed by atoms with Crippen molar-refractivity contribution < 1.29 is 15.0 Å². The van der Waals surface area contributed by atoms with Gasteiger partial charge in [0.15, 0.2) is 0 Å². The standard InChI is InChI=1S/C31H50O3/c1-19(2)20(3)8-9-21(4)22-12-14-28(6)23-10-11-24-29(7,26(33)34)25(32)13-15-30(24)18-31(23,30)17-16-27(22,28)5/h19,21-25,32H,3,8-18H2,1-2,4-7H3,(H,33,34)/t21-,22-,23+,24+,25+,27-,28+,29+,30-,31+/m1/s1. The molecule has 0 aromatic heterocycles. The highest BCUT2D eigenvalue weighted by Crippen LogP contribution is 2.89. The molecule has 192 valence electrons. The van der Waals surface area contributed by atoms with Gasteiger partial charge in [-0.2, -0.15) is 0 Å². The summed E-state index contributed by atoms with van der Waals surface area (Å²) in [6.07, 6.45) is 12.1. The number of rotatable bonds is 6. The normalized spacial score (nSPS) is 52.2. The summed E-state index contributed by atoms with van der Waals surface area (Å²) in [5, 5.41) is 21.1. The van der Waals surface area contributed by atoms with E-state index in [1.807, 2.05) is 6.92 Å². The first-order valence-corrected chi connectivity index (χ1v) is 14.4. The minimum absolute atomic E-state index is 0.142. The molecule has 0 saturated heterocycles. The molecule has 0 radical (unpaired) electrons. The maximum absolute atomic E-state index is 12.5. The second-order valence-corrected chi connectivity index (χ2v) is 14.6. The van der Waals surface area contributed by atoms with Gasteiger partial charge in [0.1, 0.15) is 0 Å². The fraction of sp³-hybridized carbons (Fsp3) is 0.903. The Labute approximate surface area is 208 Å². The average Bonchev–Trinajstić information content (AvgIpc) is 3.36. The zero-order valence-corrected chi connectivity index (χ0v) is 22.8. The number of carboxylic acid groups (broad SMARTS) is 1. The van der Waals surface area contributed by atoms with E-state index in [4.69, 9.17) is 0 Å². The van der Waals surface area contributed by atoms with E-state index >= 15 is 0 Å². The average molecular weight is 471 g/mol. The third-order valence-electron chi connectivity index (χ3n) is 13.7. The molecule has 0 heterocycles. The minimum atomic E-state index is -0.972. The van der Waals surface area contributed by atoms with Crippen LogP contribution in [-0.2, 0) is 4.79 Å². The first kappa shape index (κ1) is 24.8. The summed E-state index contributed by atoms with van der Waals surface area (Å²) in [4.78, 5) is 12.5. The number of hydrogen-bond acceptors (Lipinski definition) is 2. The summed E-state index contributed by atoms with van der Waals surface area (Å²) < 4.78 is 0. The highest BCUT2D eigenvalue weighted by Gasteiger charge is 2.83. The summed E-state index contributed by atoms with van der Waals surface area (Å²) in [6.45, 7) is 18.5. The van der Waals surface area contributed by atoms with Gasteiger partial charge in [-0.25, -0.2) is 0 Å². The van der Waals surface area contributed by atoms with Crippen LogP contribution in [0.1, 0.15) is 112 Å². The molecule has 10 atom stereocenters. The summed E-state index contributed by atoms with van der Waals surface area (Å²) in [6, 6.07) is 0. The lowest BCUT2D eigenvalue weighted by atomic mass is 9.41. The van der Waals surface area contributed by atoms with Crippen LogP contribution in [-0.4, -0.2) is 22.3 Å². The third kappa shape index (κ3) is 2.83. The Morgan fingerprint density at radius 3 is 2.21 bits per heavy atom. The Bertz CT molecular complexity index is 878. The zero-order valence-electron chi connectivity index (χ0n) is 22.8. The molecule has 3 nitrogen and oxygen atoms in total. The van der Waals surface area contributed by atoms with Crippen molar-refractivity contribution in [2.75, 3.05) is 0 Å². The first-order valence-electron chi connectivity index (χ1n) is 14.4. The zero-order chi connectivity index (χ0) is 24.9. The van der Waals surface area contributed by atoms with Gasteiger partial charge in [-0.15, -0.1) is 0 Å². The monoisotopic (exact) mass is 470 g/mol. The lowest BCUT2D eigenvalue weighted by Crippen LogP contribution is -2.59. The lowest BCUT2D eigenvalue weighted by molar-refractivity contribution is -0.189. The molecular formula is C31H50O3. The van der Waals surface area contributed by atoms with Gasteiger partial charge in [-0.05, 0) is 129 Å². The van der Waals surface area contributed by atoms with Gasteiger partial charge >= 0.3 is 5.97 Å². The van der Waals surface area contributed by atoms with Gasteiger partial charge in [-0.3, -0.25) is 4.79 Å². The van der Waals surface area contributed by atoms with E-state index in [-0.39, 0.29) is 11.3 Å². The number of aliphatic hydroxyl groups is 1. The topological polar surface area (TPSA) is 57.5 Å². The molecule has 0 amide bonds. The summed E-state index contributed by atoms with van der Waals surface area (Å²) in [7, 11) is 0. The van der Waals surface area contributed by atoms with Crippen molar-refractivity contribution >= 4 is 5.97 Å². The molecule has 0 unspecified atom stereocenters. The summed E-state index contributed by atoms with van der Waals surface area (Å²) in [5.41, 5.74) is 1.70. The Kier molecular flexibility index (Phi) is 5.55. The van der Waals surface area contributed by atoms with Crippen LogP contribution >= 0.6 is 0 Å². The van der Waals surface area contributed by atoms with E-state index in [1.165, 1.54) is 50.5 Å². The summed E-state index contributed by atoms with van der Waals surface area (Å²) in [5.74, 6) is 2.21. The SMILES string of the molecule is C=C(CC[C@@H](C)[C@H]1CC[C@@]2(C)[C@@H]3CC[C@H]4[C@](C)(C(=O)O)[C@@H](O)CC[C@@]45C[C@@]35CC[C@]12C)C(C)C. The van der Waals surface area contributed by atoms with E-state index in [2.05, 4.69) is 41.2 Å². The Balaban J connectivity index is 1.41. The lowest BCUT2D eigenvalue weighted by Gasteiger charge is -2.63. The fourth-order valence-electron chi connectivity index (χ4n) is 11.2. The second-order valence-electron chi connectivity index (χ2n) is 14.6. The van der Waals surface area contributed by atoms with E-state index in [9.17, 15) is 15.0 Å². The van der Waals surface area contributed by atoms with Crippen LogP contribution in [0.25, 0.3) is 0 Å². The maximum Gasteiger partial charge on any atom is 0.312 e. The van der Waals surface area contributed by atoms with Gasteiger partial charge < -0.3 is 10.2 Å². The third-order valence-corrected chi connectivity index (χ3v) is 13.7. The smallest absolute Gasteiger partial charge is 0.312 e. The predicted molar refractivity (Wildman–Crippen MR) is 137 cm³/mol. The van der Waals surface area contributed by atoms with Gasteiger partial charge in [0.05, 0.1) is 11.5 Å². The summed E-state index contributed by atoms with van der Waals surface area (Å²) >= 11 is 0. The van der Waals surface area contributed by atoms with E-state index in [0.29, 0.717) is 28.6 Å². The molecule has 2 N–H and O–H groups in total. The molecule has 5 saturated carbocycles. The molecule has 34 heavy (non-hydrogen) atoms. The molecular weight excluding hydrogens is 420 g/mol. The van der Waals surface area contributed by atoms with Crippen LogP contribution in [0.4, 0.5) is 0 Å². The number of fused-ring (bicyclic) bond motifs is 2. The number of carboxylic acids is 1. The van der Waals surface area contributed by atoms with E-state index in [1.54, 1.807) is 0 Å².